The van der Waals surface area contributed by atoms with Crippen molar-refractivity contribution in [2.45, 2.75) is 70.7 Å². The highest BCUT2D eigenvalue weighted by atomic mass is 16.6. The van der Waals surface area contributed by atoms with Crippen LogP contribution >= 0.6 is 0 Å². The maximum absolute atomic E-state index is 13.6. The zero-order valence-corrected chi connectivity index (χ0v) is 21.4. The average Bonchev–Trinajstić information content (AvgIpc) is 3.48. The van der Waals surface area contributed by atoms with Crippen LogP contribution in [0.15, 0.2) is 30.3 Å². The van der Waals surface area contributed by atoms with E-state index in [2.05, 4.69) is 10.6 Å². The fourth-order valence-corrected chi connectivity index (χ4v) is 5.07. The molecule has 2 unspecified atom stereocenters. The Hall–Kier alpha value is -3.14. The summed E-state index contributed by atoms with van der Waals surface area (Å²) in [7, 11) is 0. The Kier molecular flexibility index (Phi) is 8.28. The number of fused-ring (bicyclic) bond motifs is 1. The highest BCUT2D eigenvalue weighted by molar-refractivity contribution is 5.94. The molecule has 1 aromatic carbocycles. The van der Waals surface area contributed by atoms with Gasteiger partial charge in [0.2, 0.25) is 5.91 Å². The molecule has 0 radical (unpaired) electrons. The van der Waals surface area contributed by atoms with E-state index in [9.17, 15) is 24.3 Å². The number of hydrogen-bond acceptors (Lipinski definition) is 8. The number of alkyl carbamates (subject to hydrolysis) is 1. The smallest absolute Gasteiger partial charge is 0.408 e. The molecule has 0 saturated heterocycles. The Labute approximate surface area is 211 Å². The van der Waals surface area contributed by atoms with E-state index in [0.717, 1.165) is 5.56 Å². The molecule has 2 fully saturated rings. The molecule has 10 nitrogen and oxygen atoms in total. The standard InChI is InChI=1S/C26H36N2O8/c1-6-34-22(31)19-18-17(29)14-26(20(18)19,23(32)35-7-2)28-21(30)16(13-15-11-9-8-10-12-15)27-24(33)36-25(3,4)5/h8-12,16-20,29H,6-7,13-14H2,1-5H3,(H,27,33)(H,28,30)/t16?,17-,18?,19-,20+,26-/m0/s1. The van der Waals surface area contributed by atoms with Crippen LogP contribution in [0.1, 0.15) is 46.6 Å². The van der Waals surface area contributed by atoms with Gasteiger partial charge in [0.25, 0.3) is 0 Å². The zero-order chi connectivity index (χ0) is 26.7. The van der Waals surface area contributed by atoms with Crippen molar-refractivity contribution in [3.63, 3.8) is 0 Å². The van der Waals surface area contributed by atoms with Crippen LogP contribution in [0.3, 0.4) is 0 Å². The van der Waals surface area contributed by atoms with Gasteiger partial charge in [-0.25, -0.2) is 9.59 Å². The summed E-state index contributed by atoms with van der Waals surface area (Å²) in [4.78, 5) is 51.8. The molecule has 2 aliphatic carbocycles. The zero-order valence-electron chi connectivity index (χ0n) is 21.4. The van der Waals surface area contributed by atoms with Crippen LogP contribution in [0.2, 0.25) is 0 Å². The minimum atomic E-state index is -1.63. The molecule has 10 heteroatoms. The predicted molar refractivity (Wildman–Crippen MR) is 129 cm³/mol. The Morgan fingerprint density at radius 3 is 2.31 bits per heavy atom. The second-order valence-electron chi connectivity index (χ2n) is 10.2. The minimum Gasteiger partial charge on any atom is -0.466 e. The Morgan fingerprint density at radius 1 is 1.08 bits per heavy atom. The van der Waals surface area contributed by atoms with Gasteiger partial charge in [-0.1, -0.05) is 30.3 Å². The molecule has 6 atom stereocenters. The largest absolute Gasteiger partial charge is 0.466 e. The van der Waals surface area contributed by atoms with E-state index in [4.69, 9.17) is 14.2 Å². The maximum atomic E-state index is 13.6. The highest BCUT2D eigenvalue weighted by Gasteiger charge is 2.76. The second kappa shape index (κ2) is 10.9. The Morgan fingerprint density at radius 2 is 1.72 bits per heavy atom. The fourth-order valence-electron chi connectivity index (χ4n) is 5.07. The molecule has 0 heterocycles. The molecule has 0 aliphatic heterocycles. The fraction of sp³-hybridized carbons (Fsp3) is 0.615. The monoisotopic (exact) mass is 504 g/mol. The number of rotatable bonds is 9. The van der Waals surface area contributed by atoms with Gasteiger partial charge in [0.15, 0.2) is 0 Å². The van der Waals surface area contributed by atoms with Gasteiger partial charge in [-0.3, -0.25) is 9.59 Å². The Bertz CT molecular complexity index is 976. The van der Waals surface area contributed by atoms with E-state index in [-0.39, 0.29) is 26.1 Å². The van der Waals surface area contributed by atoms with Crippen LogP contribution in [-0.2, 0) is 35.0 Å². The number of nitrogens with one attached hydrogen (secondary N) is 2. The van der Waals surface area contributed by atoms with Gasteiger partial charge in [0.1, 0.15) is 17.2 Å². The molecule has 2 aliphatic rings. The second-order valence-corrected chi connectivity index (χ2v) is 10.2. The van der Waals surface area contributed by atoms with E-state index < -0.39 is 65.0 Å². The number of carbonyl (C=O) groups is 4. The van der Waals surface area contributed by atoms with E-state index >= 15 is 0 Å². The molecule has 0 spiro atoms. The number of carbonyl (C=O) groups excluding carboxylic acids is 4. The molecule has 0 aromatic heterocycles. The van der Waals surface area contributed by atoms with Crippen LogP contribution in [-0.4, -0.2) is 65.5 Å². The molecule has 36 heavy (non-hydrogen) atoms. The van der Waals surface area contributed by atoms with Crippen molar-refractivity contribution < 1.29 is 38.5 Å². The van der Waals surface area contributed by atoms with Crippen molar-refractivity contribution in [3.8, 4) is 0 Å². The van der Waals surface area contributed by atoms with Gasteiger partial charge in [-0.2, -0.15) is 0 Å². The molecular formula is C26H36N2O8. The van der Waals surface area contributed by atoms with Crippen molar-refractivity contribution in [3.05, 3.63) is 35.9 Å². The third kappa shape index (κ3) is 5.98. The first-order valence-corrected chi connectivity index (χ1v) is 12.3. The van der Waals surface area contributed by atoms with Crippen LogP contribution in [0, 0.1) is 17.8 Å². The summed E-state index contributed by atoms with van der Waals surface area (Å²) in [6.45, 7) is 8.63. The lowest BCUT2D eigenvalue weighted by Gasteiger charge is -2.33. The van der Waals surface area contributed by atoms with Gasteiger partial charge >= 0.3 is 18.0 Å². The van der Waals surface area contributed by atoms with Crippen molar-refractivity contribution in [1.29, 1.82) is 0 Å². The lowest BCUT2D eigenvalue weighted by Crippen LogP contribution is -2.62. The molecule has 2 saturated carbocycles. The first-order chi connectivity index (χ1) is 16.9. The minimum absolute atomic E-state index is 0.0532. The SMILES string of the molecule is CCOC(=O)[C@H]1C2[C@H]1[C@](NC(=O)C(Cc1ccccc1)NC(=O)OC(C)(C)C)(C(=O)OCC)C[C@@H]2O. The van der Waals surface area contributed by atoms with Crippen LogP contribution in [0.4, 0.5) is 4.79 Å². The van der Waals surface area contributed by atoms with Gasteiger partial charge in [-0.05, 0) is 40.2 Å². The lowest BCUT2D eigenvalue weighted by atomic mass is 9.88. The molecule has 3 rings (SSSR count). The first kappa shape index (κ1) is 27.4. The molecular weight excluding hydrogens is 468 g/mol. The van der Waals surface area contributed by atoms with Crippen molar-refractivity contribution in [2.24, 2.45) is 17.8 Å². The van der Waals surface area contributed by atoms with Crippen LogP contribution < -0.4 is 10.6 Å². The molecule has 3 N–H and O–H groups in total. The summed E-state index contributed by atoms with van der Waals surface area (Å²) in [5, 5.41) is 16.0. The van der Waals surface area contributed by atoms with Gasteiger partial charge in [0, 0.05) is 24.7 Å². The quantitative estimate of drug-likeness (QED) is 0.341. The van der Waals surface area contributed by atoms with Crippen LogP contribution in [0.5, 0.6) is 0 Å². The number of ether oxygens (including phenoxy) is 3. The molecule has 198 valence electrons. The van der Waals surface area contributed by atoms with E-state index in [1.165, 1.54) is 0 Å². The third-order valence-corrected chi connectivity index (χ3v) is 6.45. The summed E-state index contributed by atoms with van der Waals surface area (Å²) in [6, 6.07) is 7.98. The molecule has 1 aromatic rings. The van der Waals surface area contributed by atoms with Gasteiger partial charge in [0.05, 0.1) is 25.2 Å². The normalized spacial score (nSPS) is 27.3. The van der Waals surface area contributed by atoms with Crippen molar-refractivity contribution in [2.75, 3.05) is 13.2 Å². The van der Waals surface area contributed by atoms with Crippen molar-refractivity contribution >= 4 is 23.9 Å². The summed E-state index contributed by atoms with van der Waals surface area (Å²) in [6.07, 6.45) is -1.76. The summed E-state index contributed by atoms with van der Waals surface area (Å²) >= 11 is 0. The van der Waals surface area contributed by atoms with Crippen molar-refractivity contribution in [1.82, 2.24) is 10.6 Å². The van der Waals surface area contributed by atoms with E-state index in [1.54, 1.807) is 34.6 Å². The molecule has 0 bridgehead atoms. The summed E-state index contributed by atoms with van der Waals surface area (Å²) < 4.78 is 15.7. The number of amides is 2. The van der Waals surface area contributed by atoms with E-state index in [0.29, 0.717) is 0 Å². The van der Waals surface area contributed by atoms with Gasteiger partial charge in [-0.15, -0.1) is 0 Å². The molecule has 2 amide bonds. The predicted octanol–water partition coefficient (Wildman–Crippen LogP) is 1.73. The lowest BCUT2D eigenvalue weighted by molar-refractivity contribution is -0.156. The number of hydrogen-bond donors (Lipinski definition) is 3. The third-order valence-electron chi connectivity index (χ3n) is 6.45. The maximum Gasteiger partial charge on any atom is 0.408 e. The van der Waals surface area contributed by atoms with Gasteiger partial charge < -0.3 is 30.0 Å². The number of esters is 2. The summed E-state index contributed by atoms with van der Waals surface area (Å²) in [5.74, 6) is -3.84. The topological polar surface area (TPSA) is 140 Å². The summed E-state index contributed by atoms with van der Waals surface area (Å²) in [5.41, 5.74) is -1.63. The number of benzene rings is 1. The highest BCUT2D eigenvalue weighted by Crippen LogP contribution is 2.63. The number of aliphatic hydroxyl groups is 1. The first-order valence-electron chi connectivity index (χ1n) is 12.3. The average molecular weight is 505 g/mol. The van der Waals surface area contributed by atoms with Crippen LogP contribution in [0.25, 0.3) is 0 Å². The number of aliphatic hydroxyl groups excluding tert-OH is 1. The Balaban J connectivity index is 1.88. The van der Waals surface area contributed by atoms with E-state index in [1.807, 2.05) is 30.3 Å².